The fraction of sp³-hybridized carbons (Fsp3) is 0.176. The van der Waals surface area contributed by atoms with Gasteiger partial charge in [-0.25, -0.2) is 0 Å². The Labute approximate surface area is 162 Å². The van der Waals surface area contributed by atoms with Crippen molar-refractivity contribution in [3.05, 3.63) is 48.2 Å². The smallest absolute Gasteiger partial charge is 0.405 e. The minimum Gasteiger partial charge on any atom is -0.405 e. The van der Waals surface area contributed by atoms with E-state index in [0.29, 0.717) is 0 Å². The van der Waals surface area contributed by atoms with E-state index in [0.717, 1.165) is 16.7 Å². The Morgan fingerprint density at radius 3 is 2.33 bits per heavy atom. The third kappa shape index (κ3) is 3.77. The van der Waals surface area contributed by atoms with E-state index in [-0.39, 0.29) is 34.1 Å². The standard InChI is InChI=1S/C17H9F6N5O2/c1-8-24-14(30-27-8)11-6-9(2-4-12(11)29-17(21,22)23)10-3-5-13-25-26-15(16(18,19)20)28(13)7-10/h2-7H,1H3. The highest BCUT2D eigenvalue weighted by Gasteiger charge is 2.37. The average Bonchev–Trinajstić information content (AvgIpc) is 3.26. The normalized spacial score (nSPS) is 12.5. The van der Waals surface area contributed by atoms with Crippen molar-refractivity contribution >= 4 is 5.65 Å². The van der Waals surface area contributed by atoms with E-state index in [9.17, 15) is 26.3 Å². The van der Waals surface area contributed by atoms with Crippen molar-refractivity contribution in [3.8, 4) is 28.3 Å². The van der Waals surface area contributed by atoms with Crippen molar-refractivity contribution < 1.29 is 35.6 Å². The molecule has 0 spiro atoms. The summed E-state index contributed by atoms with van der Waals surface area (Å²) in [5.74, 6) is -1.90. The first-order valence-corrected chi connectivity index (χ1v) is 8.14. The zero-order valence-corrected chi connectivity index (χ0v) is 14.8. The van der Waals surface area contributed by atoms with Crippen LogP contribution in [-0.2, 0) is 6.18 Å². The molecule has 0 unspecified atom stereocenters. The van der Waals surface area contributed by atoms with E-state index in [1.165, 1.54) is 31.2 Å². The van der Waals surface area contributed by atoms with Gasteiger partial charge in [-0.15, -0.1) is 23.4 Å². The van der Waals surface area contributed by atoms with Gasteiger partial charge in [0.25, 0.3) is 5.89 Å². The van der Waals surface area contributed by atoms with Gasteiger partial charge in [0.2, 0.25) is 5.82 Å². The Morgan fingerprint density at radius 1 is 0.967 bits per heavy atom. The van der Waals surface area contributed by atoms with Gasteiger partial charge in [-0.3, -0.25) is 4.40 Å². The van der Waals surface area contributed by atoms with Gasteiger partial charge < -0.3 is 9.26 Å². The highest BCUT2D eigenvalue weighted by molar-refractivity contribution is 5.74. The first-order chi connectivity index (χ1) is 14.0. The molecule has 156 valence electrons. The number of pyridine rings is 1. The number of benzene rings is 1. The average molecular weight is 429 g/mol. The lowest BCUT2D eigenvalue weighted by Crippen LogP contribution is -2.17. The highest BCUT2D eigenvalue weighted by atomic mass is 19.4. The Balaban J connectivity index is 1.85. The predicted octanol–water partition coefficient (Wildman–Crippen LogP) is 4.67. The number of hydrogen-bond donors (Lipinski definition) is 0. The lowest BCUT2D eigenvalue weighted by atomic mass is 10.0. The molecule has 0 amide bonds. The molecule has 4 rings (SSSR count). The molecule has 0 saturated heterocycles. The largest absolute Gasteiger partial charge is 0.573 e. The Hall–Kier alpha value is -3.64. The molecule has 0 aliphatic rings. The Bertz CT molecular complexity index is 1230. The van der Waals surface area contributed by atoms with Gasteiger partial charge >= 0.3 is 12.5 Å². The summed E-state index contributed by atoms with van der Waals surface area (Å²) in [6, 6.07) is 6.26. The third-order valence-electron chi connectivity index (χ3n) is 3.95. The predicted molar refractivity (Wildman–Crippen MR) is 88.1 cm³/mol. The number of aryl methyl sites for hydroxylation is 1. The topological polar surface area (TPSA) is 78.3 Å². The summed E-state index contributed by atoms with van der Waals surface area (Å²) in [5, 5.41) is 10.1. The molecule has 0 bridgehead atoms. The maximum Gasteiger partial charge on any atom is 0.573 e. The second kappa shape index (κ2) is 6.71. The van der Waals surface area contributed by atoms with Gasteiger partial charge in [0.05, 0.1) is 5.56 Å². The van der Waals surface area contributed by atoms with Crippen LogP contribution in [0.15, 0.2) is 41.1 Å². The van der Waals surface area contributed by atoms with Gasteiger partial charge in [0.15, 0.2) is 11.5 Å². The van der Waals surface area contributed by atoms with E-state index in [4.69, 9.17) is 4.52 Å². The number of halogens is 6. The minimum absolute atomic E-state index is 0.0455. The van der Waals surface area contributed by atoms with E-state index >= 15 is 0 Å². The van der Waals surface area contributed by atoms with Crippen LogP contribution < -0.4 is 4.74 Å². The summed E-state index contributed by atoms with van der Waals surface area (Å²) < 4.78 is 87.3. The molecular formula is C17H9F6N5O2. The molecule has 0 atom stereocenters. The second-order valence-corrected chi connectivity index (χ2v) is 6.07. The molecule has 4 aromatic rings. The van der Waals surface area contributed by atoms with Crippen molar-refractivity contribution in [1.82, 2.24) is 24.7 Å². The van der Waals surface area contributed by atoms with Crippen LogP contribution in [0.5, 0.6) is 5.75 Å². The van der Waals surface area contributed by atoms with Crippen LogP contribution in [0.2, 0.25) is 0 Å². The van der Waals surface area contributed by atoms with Gasteiger partial charge in [-0.2, -0.15) is 18.2 Å². The number of aromatic nitrogens is 5. The molecular weight excluding hydrogens is 420 g/mol. The fourth-order valence-electron chi connectivity index (χ4n) is 2.75. The third-order valence-corrected chi connectivity index (χ3v) is 3.95. The van der Waals surface area contributed by atoms with Gasteiger partial charge in [-0.1, -0.05) is 11.2 Å². The Kier molecular flexibility index (Phi) is 4.40. The van der Waals surface area contributed by atoms with Crippen LogP contribution in [0.3, 0.4) is 0 Å². The number of rotatable bonds is 3. The van der Waals surface area contributed by atoms with Crippen LogP contribution in [0, 0.1) is 6.92 Å². The van der Waals surface area contributed by atoms with Crippen molar-refractivity contribution in [2.24, 2.45) is 0 Å². The van der Waals surface area contributed by atoms with E-state index in [2.05, 4.69) is 25.1 Å². The second-order valence-electron chi connectivity index (χ2n) is 6.07. The van der Waals surface area contributed by atoms with Gasteiger partial charge in [0.1, 0.15) is 5.75 Å². The zero-order chi connectivity index (χ0) is 21.7. The maximum absolute atomic E-state index is 13.1. The molecule has 30 heavy (non-hydrogen) atoms. The lowest BCUT2D eigenvalue weighted by molar-refractivity contribution is -0.274. The van der Waals surface area contributed by atoms with Gasteiger partial charge in [-0.05, 0) is 42.3 Å². The molecule has 3 aromatic heterocycles. The number of alkyl halides is 6. The summed E-state index contributed by atoms with van der Waals surface area (Å²) in [5.41, 5.74) is 0.309. The van der Waals surface area contributed by atoms with Crippen LogP contribution >= 0.6 is 0 Å². The Morgan fingerprint density at radius 2 is 1.70 bits per heavy atom. The van der Waals surface area contributed by atoms with Crippen molar-refractivity contribution in [1.29, 1.82) is 0 Å². The molecule has 1 aromatic carbocycles. The van der Waals surface area contributed by atoms with Crippen molar-refractivity contribution in [3.63, 3.8) is 0 Å². The van der Waals surface area contributed by atoms with Crippen molar-refractivity contribution in [2.45, 2.75) is 19.5 Å². The molecule has 3 heterocycles. The highest BCUT2D eigenvalue weighted by Crippen LogP contribution is 2.37. The van der Waals surface area contributed by atoms with Crippen LogP contribution in [0.1, 0.15) is 11.6 Å². The fourth-order valence-corrected chi connectivity index (χ4v) is 2.75. The van der Waals surface area contributed by atoms with Crippen LogP contribution in [0.4, 0.5) is 26.3 Å². The number of ether oxygens (including phenoxy) is 1. The summed E-state index contributed by atoms with van der Waals surface area (Å²) in [6.45, 7) is 1.47. The van der Waals surface area contributed by atoms with Gasteiger partial charge in [0, 0.05) is 6.20 Å². The molecule has 0 fully saturated rings. The van der Waals surface area contributed by atoms with Crippen molar-refractivity contribution in [2.75, 3.05) is 0 Å². The number of fused-ring (bicyclic) bond motifs is 1. The maximum atomic E-state index is 13.1. The first kappa shape index (κ1) is 19.7. The number of nitrogens with zero attached hydrogens (tertiary/aromatic N) is 5. The molecule has 7 nitrogen and oxygen atoms in total. The van der Waals surface area contributed by atoms with E-state index in [1.807, 2.05) is 0 Å². The van der Waals surface area contributed by atoms with Crippen LogP contribution in [-0.4, -0.2) is 31.1 Å². The summed E-state index contributed by atoms with van der Waals surface area (Å²) in [4.78, 5) is 3.90. The molecule has 0 aliphatic heterocycles. The number of hydrogen-bond acceptors (Lipinski definition) is 6. The lowest BCUT2D eigenvalue weighted by Gasteiger charge is -2.13. The summed E-state index contributed by atoms with van der Waals surface area (Å²) in [7, 11) is 0. The molecule has 13 heteroatoms. The quantitative estimate of drug-likeness (QED) is 0.441. The molecule has 0 saturated carbocycles. The molecule has 0 radical (unpaired) electrons. The monoisotopic (exact) mass is 429 g/mol. The molecule has 0 aliphatic carbocycles. The van der Waals surface area contributed by atoms with Crippen LogP contribution in [0.25, 0.3) is 28.2 Å². The molecule has 0 N–H and O–H groups in total. The van der Waals surface area contributed by atoms with E-state index < -0.39 is 24.1 Å². The first-order valence-electron chi connectivity index (χ1n) is 8.14. The summed E-state index contributed by atoms with van der Waals surface area (Å²) in [6.07, 6.45) is -8.59. The minimum atomic E-state index is -4.98. The zero-order valence-electron chi connectivity index (χ0n) is 14.8. The SMILES string of the molecule is Cc1noc(-c2cc(-c3ccc4nnc(C(F)(F)F)n4c3)ccc2OC(F)(F)F)n1. The summed E-state index contributed by atoms with van der Waals surface area (Å²) >= 11 is 0. The van der Waals surface area contributed by atoms with E-state index in [1.54, 1.807) is 0 Å².